The van der Waals surface area contributed by atoms with Gasteiger partial charge >= 0.3 is 0 Å². The van der Waals surface area contributed by atoms with Gasteiger partial charge in [-0.2, -0.15) is 0 Å². The minimum absolute atomic E-state index is 0.0566. The highest BCUT2D eigenvalue weighted by Crippen LogP contribution is 2.42. The minimum Gasteiger partial charge on any atom is -0.343 e. The predicted octanol–water partition coefficient (Wildman–Crippen LogP) is 3.78. The molecule has 21 heavy (non-hydrogen) atoms. The van der Waals surface area contributed by atoms with Crippen molar-refractivity contribution >= 4 is 17.2 Å². The average Bonchev–Trinajstić information content (AvgIpc) is 3.20. The topological polar surface area (TPSA) is 42.0 Å². The number of hydrogen-bond donors (Lipinski definition) is 1. The molecule has 0 saturated heterocycles. The highest BCUT2D eigenvalue weighted by atomic mass is 32.1. The van der Waals surface area contributed by atoms with Gasteiger partial charge in [-0.05, 0) is 50.3 Å². The smallest absolute Gasteiger partial charge is 0.252 e. The summed E-state index contributed by atoms with van der Waals surface area (Å²) in [5, 5.41) is 3.98. The van der Waals surface area contributed by atoms with E-state index in [2.05, 4.69) is 10.3 Å². The molecule has 1 fully saturated rings. The summed E-state index contributed by atoms with van der Waals surface area (Å²) in [6.07, 6.45) is 4.03. The molecule has 1 aromatic heterocycles. The summed E-state index contributed by atoms with van der Waals surface area (Å²) in [6.45, 7) is 3.82. The van der Waals surface area contributed by atoms with Crippen molar-refractivity contribution in [3.63, 3.8) is 0 Å². The fourth-order valence-electron chi connectivity index (χ4n) is 2.38. The molecule has 110 valence electrons. The van der Waals surface area contributed by atoms with Gasteiger partial charge in [-0.1, -0.05) is 6.07 Å². The molecule has 1 N–H and O–H groups in total. The summed E-state index contributed by atoms with van der Waals surface area (Å²) in [5.41, 5.74) is 1.17. The lowest BCUT2D eigenvalue weighted by atomic mass is 10.1. The maximum atomic E-state index is 13.4. The number of carbonyl (C=O) groups is 1. The molecule has 1 aliphatic carbocycles. The molecule has 0 unspecified atom stereocenters. The summed E-state index contributed by atoms with van der Waals surface area (Å²) in [6, 6.07) is 4.24. The van der Waals surface area contributed by atoms with Crippen molar-refractivity contribution in [1.29, 1.82) is 0 Å². The van der Waals surface area contributed by atoms with Crippen molar-refractivity contribution in [2.24, 2.45) is 5.92 Å². The summed E-state index contributed by atoms with van der Waals surface area (Å²) in [4.78, 5) is 18.0. The number of aromatic nitrogens is 1. The van der Waals surface area contributed by atoms with Gasteiger partial charge in [0.15, 0.2) is 0 Å². The predicted molar refractivity (Wildman–Crippen MR) is 80.9 cm³/mol. The van der Waals surface area contributed by atoms with Crippen LogP contribution in [0.15, 0.2) is 24.4 Å². The summed E-state index contributed by atoms with van der Waals surface area (Å²) < 4.78 is 13.4. The minimum atomic E-state index is -0.390. The fourth-order valence-corrected chi connectivity index (χ4v) is 3.30. The van der Waals surface area contributed by atoms with Crippen molar-refractivity contribution in [3.05, 3.63) is 51.2 Å². The number of carbonyl (C=O) groups excluding carboxylic acids is 1. The molecule has 2 aromatic rings. The number of nitrogens with zero attached hydrogens (tertiary/aromatic N) is 1. The average molecular weight is 304 g/mol. The second-order valence-corrected chi connectivity index (χ2v) is 6.82. The van der Waals surface area contributed by atoms with Crippen LogP contribution in [0, 0.1) is 25.6 Å². The van der Waals surface area contributed by atoms with E-state index in [0.717, 1.165) is 28.3 Å². The third-order valence-corrected chi connectivity index (χ3v) is 4.73. The number of aryl methyl sites for hydroxylation is 2. The molecule has 1 saturated carbocycles. The first kappa shape index (κ1) is 14.2. The number of amides is 1. The van der Waals surface area contributed by atoms with Crippen molar-refractivity contribution < 1.29 is 9.18 Å². The Bertz CT molecular complexity index is 679. The number of thiazole rings is 1. The van der Waals surface area contributed by atoms with E-state index in [0.29, 0.717) is 11.5 Å². The van der Waals surface area contributed by atoms with Crippen molar-refractivity contribution in [3.8, 4) is 0 Å². The normalized spacial score (nSPS) is 15.8. The molecular formula is C16H17FN2OS. The van der Waals surface area contributed by atoms with E-state index in [1.54, 1.807) is 17.4 Å². The van der Waals surface area contributed by atoms with Gasteiger partial charge in [0, 0.05) is 16.6 Å². The first-order valence-corrected chi connectivity index (χ1v) is 7.85. The number of hydrogen-bond acceptors (Lipinski definition) is 3. The standard InChI is InChI=1S/C16H17FN2OS/c1-9-3-6-12(17)7-13(9)15(20)19-14(11-4-5-11)16-18-8-10(2)21-16/h3,6-8,11,14H,4-5H2,1-2H3,(H,19,20)/t14-/m0/s1. The number of halogens is 1. The zero-order valence-corrected chi connectivity index (χ0v) is 12.8. The van der Waals surface area contributed by atoms with Crippen LogP contribution in [0.4, 0.5) is 4.39 Å². The van der Waals surface area contributed by atoms with Crippen LogP contribution in [0.5, 0.6) is 0 Å². The molecule has 1 aliphatic rings. The van der Waals surface area contributed by atoms with Gasteiger partial charge in [-0.3, -0.25) is 4.79 Å². The molecular weight excluding hydrogens is 287 g/mol. The van der Waals surface area contributed by atoms with Crippen LogP contribution in [0.3, 0.4) is 0 Å². The Morgan fingerprint density at radius 1 is 1.43 bits per heavy atom. The molecule has 0 aliphatic heterocycles. The van der Waals surface area contributed by atoms with E-state index in [1.165, 1.54) is 12.1 Å². The molecule has 0 spiro atoms. The number of rotatable bonds is 4. The molecule has 1 heterocycles. The molecule has 0 radical (unpaired) electrons. The van der Waals surface area contributed by atoms with Crippen molar-refractivity contribution in [1.82, 2.24) is 10.3 Å². The lowest BCUT2D eigenvalue weighted by Gasteiger charge is -2.16. The Balaban J connectivity index is 1.83. The van der Waals surface area contributed by atoms with E-state index in [4.69, 9.17) is 0 Å². The highest BCUT2D eigenvalue weighted by Gasteiger charge is 2.35. The van der Waals surface area contributed by atoms with Crippen LogP contribution in [0.2, 0.25) is 0 Å². The van der Waals surface area contributed by atoms with Gasteiger partial charge < -0.3 is 5.32 Å². The maximum absolute atomic E-state index is 13.4. The molecule has 1 amide bonds. The van der Waals surface area contributed by atoms with Crippen LogP contribution in [0.1, 0.15) is 44.7 Å². The second-order valence-electron chi connectivity index (χ2n) is 5.56. The lowest BCUT2D eigenvalue weighted by molar-refractivity contribution is 0.0930. The van der Waals surface area contributed by atoms with E-state index in [-0.39, 0.29) is 17.8 Å². The quantitative estimate of drug-likeness (QED) is 0.934. The Morgan fingerprint density at radius 3 is 2.81 bits per heavy atom. The van der Waals surface area contributed by atoms with Gasteiger partial charge in [0.05, 0.1) is 6.04 Å². The lowest BCUT2D eigenvalue weighted by Crippen LogP contribution is -2.30. The van der Waals surface area contributed by atoms with Gasteiger partial charge in [-0.25, -0.2) is 9.37 Å². The van der Waals surface area contributed by atoms with Crippen molar-refractivity contribution in [2.75, 3.05) is 0 Å². The zero-order chi connectivity index (χ0) is 15.0. The summed E-state index contributed by atoms with van der Waals surface area (Å²) >= 11 is 1.61. The van der Waals surface area contributed by atoms with Gasteiger partial charge in [0.2, 0.25) is 0 Å². The third kappa shape index (κ3) is 3.13. The SMILES string of the molecule is Cc1cnc([C@@H](NC(=O)c2cc(F)ccc2C)C2CC2)s1. The van der Waals surface area contributed by atoms with E-state index in [9.17, 15) is 9.18 Å². The molecule has 1 aromatic carbocycles. The largest absolute Gasteiger partial charge is 0.343 e. The van der Waals surface area contributed by atoms with Gasteiger partial charge in [0.1, 0.15) is 10.8 Å². The Hall–Kier alpha value is -1.75. The van der Waals surface area contributed by atoms with Crippen LogP contribution in [-0.4, -0.2) is 10.9 Å². The Morgan fingerprint density at radius 2 is 2.19 bits per heavy atom. The Kier molecular flexibility index (Phi) is 3.76. The third-order valence-electron chi connectivity index (χ3n) is 3.73. The second kappa shape index (κ2) is 5.56. The van der Waals surface area contributed by atoms with Crippen LogP contribution < -0.4 is 5.32 Å². The van der Waals surface area contributed by atoms with E-state index >= 15 is 0 Å². The number of benzene rings is 1. The van der Waals surface area contributed by atoms with Crippen LogP contribution in [0.25, 0.3) is 0 Å². The van der Waals surface area contributed by atoms with Crippen molar-refractivity contribution in [2.45, 2.75) is 32.7 Å². The van der Waals surface area contributed by atoms with Gasteiger partial charge in [0.25, 0.3) is 5.91 Å². The molecule has 1 atom stereocenters. The number of nitrogens with one attached hydrogen (secondary N) is 1. The van der Waals surface area contributed by atoms with Gasteiger partial charge in [-0.15, -0.1) is 11.3 Å². The fraction of sp³-hybridized carbons (Fsp3) is 0.375. The van der Waals surface area contributed by atoms with Crippen LogP contribution in [-0.2, 0) is 0 Å². The molecule has 0 bridgehead atoms. The molecule has 3 nitrogen and oxygen atoms in total. The molecule has 3 rings (SSSR count). The maximum Gasteiger partial charge on any atom is 0.252 e. The zero-order valence-electron chi connectivity index (χ0n) is 12.0. The molecule has 5 heteroatoms. The van der Waals surface area contributed by atoms with E-state index < -0.39 is 0 Å². The Labute approximate surface area is 127 Å². The highest BCUT2D eigenvalue weighted by molar-refractivity contribution is 7.11. The first-order chi connectivity index (χ1) is 10.0. The first-order valence-electron chi connectivity index (χ1n) is 7.04. The summed E-state index contributed by atoms with van der Waals surface area (Å²) in [5.74, 6) is -0.163. The monoisotopic (exact) mass is 304 g/mol. The van der Waals surface area contributed by atoms with Crippen LogP contribution >= 0.6 is 11.3 Å². The van der Waals surface area contributed by atoms with E-state index in [1.807, 2.05) is 20.0 Å². The summed E-state index contributed by atoms with van der Waals surface area (Å²) in [7, 11) is 0.